The highest BCUT2D eigenvalue weighted by Crippen LogP contribution is 2.27. The summed E-state index contributed by atoms with van der Waals surface area (Å²) in [7, 11) is 1.70. The van der Waals surface area contributed by atoms with Crippen LogP contribution in [0.2, 0.25) is 0 Å². The van der Waals surface area contributed by atoms with Gasteiger partial charge in [-0.15, -0.1) is 0 Å². The molecule has 2 atom stereocenters. The van der Waals surface area contributed by atoms with Crippen molar-refractivity contribution in [2.24, 2.45) is 5.73 Å². The minimum atomic E-state index is -0.417. The smallest absolute Gasteiger partial charge is 0.122 e. The average molecular weight is 279 g/mol. The molecule has 1 rings (SSSR count). The van der Waals surface area contributed by atoms with Gasteiger partial charge < -0.3 is 15.6 Å². The van der Waals surface area contributed by atoms with Gasteiger partial charge in [0.2, 0.25) is 0 Å². The minimum Gasteiger partial charge on any atom is -0.496 e. The highest BCUT2D eigenvalue weighted by Gasteiger charge is 2.14. The summed E-state index contributed by atoms with van der Waals surface area (Å²) in [5.41, 5.74) is 8.40. The van der Waals surface area contributed by atoms with Crippen LogP contribution in [0.4, 0.5) is 0 Å². The monoisotopic (exact) mass is 279 g/mol. The summed E-state index contributed by atoms with van der Waals surface area (Å²) >= 11 is 0. The Morgan fingerprint density at radius 3 is 2.50 bits per heavy atom. The van der Waals surface area contributed by atoms with E-state index in [1.165, 1.54) is 11.1 Å². The Morgan fingerprint density at radius 2 is 1.95 bits per heavy atom. The maximum atomic E-state index is 10.0. The van der Waals surface area contributed by atoms with Gasteiger partial charge in [-0.1, -0.05) is 39.3 Å². The second kappa shape index (κ2) is 8.28. The largest absolute Gasteiger partial charge is 0.496 e. The van der Waals surface area contributed by atoms with E-state index in [2.05, 4.69) is 32.9 Å². The topological polar surface area (TPSA) is 55.5 Å². The van der Waals surface area contributed by atoms with Crippen molar-refractivity contribution in [1.29, 1.82) is 0 Å². The van der Waals surface area contributed by atoms with E-state index < -0.39 is 6.10 Å². The zero-order chi connectivity index (χ0) is 15.1. The number of aliphatic hydroxyl groups excluding tert-OH is 1. The fourth-order valence-electron chi connectivity index (χ4n) is 2.44. The van der Waals surface area contributed by atoms with Crippen molar-refractivity contribution < 1.29 is 9.84 Å². The normalized spacial score (nSPS) is 14.3. The molecule has 3 heteroatoms. The second-order valence-corrected chi connectivity index (χ2v) is 5.79. The molecular weight excluding hydrogens is 250 g/mol. The molecule has 3 N–H and O–H groups in total. The molecule has 0 aliphatic carbocycles. The van der Waals surface area contributed by atoms with E-state index in [0.717, 1.165) is 25.0 Å². The molecule has 0 aliphatic rings. The SMILES string of the molecule is CCCC(N)C(O)CCc1ccc(OC)c(C(C)C)c1. The zero-order valence-corrected chi connectivity index (χ0v) is 13.2. The Labute approximate surface area is 123 Å². The van der Waals surface area contributed by atoms with Gasteiger partial charge in [0.15, 0.2) is 0 Å². The van der Waals surface area contributed by atoms with Gasteiger partial charge in [-0.25, -0.2) is 0 Å². The van der Waals surface area contributed by atoms with Crippen LogP contribution in [0.25, 0.3) is 0 Å². The third kappa shape index (κ3) is 4.80. The van der Waals surface area contributed by atoms with Crippen LogP contribution in [0.3, 0.4) is 0 Å². The van der Waals surface area contributed by atoms with Crippen LogP contribution < -0.4 is 10.5 Å². The molecular formula is C17H29NO2. The van der Waals surface area contributed by atoms with Crippen LogP contribution in [-0.4, -0.2) is 24.4 Å². The Bertz CT molecular complexity index is 404. The Morgan fingerprint density at radius 1 is 1.25 bits per heavy atom. The lowest BCUT2D eigenvalue weighted by Crippen LogP contribution is -2.34. The number of methoxy groups -OCH3 is 1. The van der Waals surface area contributed by atoms with Gasteiger partial charge in [0.05, 0.1) is 13.2 Å². The molecule has 0 fully saturated rings. The van der Waals surface area contributed by atoms with E-state index in [9.17, 15) is 5.11 Å². The Hall–Kier alpha value is -1.06. The summed E-state index contributed by atoms with van der Waals surface area (Å²) in [6.07, 6.45) is 3.03. The van der Waals surface area contributed by atoms with Crippen molar-refractivity contribution >= 4 is 0 Å². The van der Waals surface area contributed by atoms with Crippen molar-refractivity contribution in [3.8, 4) is 5.75 Å². The van der Waals surface area contributed by atoms with E-state index in [1.54, 1.807) is 7.11 Å². The summed E-state index contributed by atoms with van der Waals surface area (Å²) < 4.78 is 5.39. The molecule has 3 nitrogen and oxygen atoms in total. The predicted molar refractivity (Wildman–Crippen MR) is 84.3 cm³/mol. The van der Waals surface area contributed by atoms with Crippen molar-refractivity contribution in [2.45, 2.75) is 64.5 Å². The Balaban J connectivity index is 2.67. The van der Waals surface area contributed by atoms with Crippen LogP contribution in [0.1, 0.15) is 57.1 Å². The number of aryl methyl sites for hydroxylation is 1. The summed E-state index contributed by atoms with van der Waals surface area (Å²) in [5, 5.41) is 10.0. The van der Waals surface area contributed by atoms with Gasteiger partial charge in [0.25, 0.3) is 0 Å². The molecule has 2 unspecified atom stereocenters. The first-order chi connectivity index (χ1) is 9.49. The van der Waals surface area contributed by atoms with Gasteiger partial charge in [0.1, 0.15) is 5.75 Å². The van der Waals surface area contributed by atoms with Crippen molar-refractivity contribution in [2.75, 3.05) is 7.11 Å². The highest BCUT2D eigenvalue weighted by atomic mass is 16.5. The third-order valence-electron chi connectivity index (χ3n) is 3.76. The molecule has 20 heavy (non-hydrogen) atoms. The highest BCUT2D eigenvalue weighted by molar-refractivity contribution is 5.39. The summed E-state index contributed by atoms with van der Waals surface area (Å²) in [5.74, 6) is 1.36. The summed E-state index contributed by atoms with van der Waals surface area (Å²) in [6.45, 7) is 6.41. The van der Waals surface area contributed by atoms with Gasteiger partial charge in [0, 0.05) is 6.04 Å². The van der Waals surface area contributed by atoms with Gasteiger partial charge >= 0.3 is 0 Å². The number of aliphatic hydroxyl groups is 1. The first kappa shape index (κ1) is 17.0. The van der Waals surface area contributed by atoms with Gasteiger partial charge in [-0.2, -0.15) is 0 Å². The first-order valence-corrected chi connectivity index (χ1v) is 7.60. The molecule has 1 aromatic carbocycles. The molecule has 0 radical (unpaired) electrons. The van der Waals surface area contributed by atoms with Crippen molar-refractivity contribution in [3.63, 3.8) is 0 Å². The number of hydrogen-bond acceptors (Lipinski definition) is 3. The first-order valence-electron chi connectivity index (χ1n) is 7.60. The lowest BCUT2D eigenvalue weighted by molar-refractivity contribution is 0.131. The van der Waals surface area contributed by atoms with Crippen LogP contribution in [0.5, 0.6) is 5.75 Å². The fraction of sp³-hybridized carbons (Fsp3) is 0.647. The van der Waals surface area contributed by atoms with Gasteiger partial charge in [-0.3, -0.25) is 0 Å². The molecule has 0 spiro atoms. The van der Waals surface area contributed by atoms with E-state index in [1.807, 2.05) is 6.07 Å². The predicted octanol–water partition coefficient (Wildman–Crippen LogP) is 3.24. The van der Waals surface area contributed by atoms with Crippen LogP contribution in [0.15, 0.2) is 18.2 Å². The molecule has 0 heterocycles. The molecule has 0 saturated carbocycles. The quantitative estimate of drug-likeness (QED) is 0.768. The number of hydrogen-bond donors (Lipinski definition) is 2. The Kier molecular flexibility index (Phi) is 7.03. The minimum absolute atomic E-state index is 0.109. The third-order valence-corrected chi connectivity index (χ3v) is 3.76. The van der Waals surface area contributed by atoms with Crippen molar-refractivity contribution in [3.05, 3.63) is 29.3 Å². The molecule has 114 valence electrons. The van der Waals surface area contributed by atoms with Crippen molar-refractivity contribution in [1.82, 2.24) is 0 Å². The van der Waals surface area contributed by atoms with Gasteiger partial charge in [-0.05, 0) is 42.4 Å². The van der Waals surface area contributed by atoms with E-state index in [4.69, 9.17) is 10.5 Å². The molecule has 0 amide bonds. The lowest BCUT2D eigenvalue weighted by Gasteiger charge is -2.19. The molecule has 1 aromatic rings. The fourth-order valence-corrected chi connectivity index (χ4v) is 2.44. The molecule has 0 saturated heterocycles. The molecule has 0 aromatic heterocycles. The maximum Gasteiger partial charge on any atom is 0.122 e. The number of benzene rings is 1. The number of rotatable bonds is 8. The average Bonchev–Trinajstić information content (AvgIpc) is 2.44. The van der Waals surface area contributed by atoms with E-state index in [0.29, 0.717) is 12.3 Å². The van der Waals surface area contributed by atoms with E-state index in [-0.39, 0.29) is 6.04 Å². The van der Waals surface area contributed by atoms with E-state index >= 15 is 0 Å². The maximum absolute atomic E-state index is 10.0. The van der Waals surface area contributed by atoms with Crippen LogP contribution in [0, 0.1) is 0 Å². The summed E-state index contributed by atoms with van der Waals surface area (Å²) in [6, 6.07) is 6.16. The summed E-state index contributed by atoms with van der Waals surface area (Å²) in [4.78, 5) is 0. The molecule has 0 bridgehead atoms. The standard InChI is InChI=1S/C17H29NO2/c1-5-6-15(18)16(19)9-7-13-8-10-17(20-4)14(11-13)12(2)3/h8,10-12,15-16,19H,5-7,9,18H2,1-4H3. The van der Waals surface area contributed by atoms with Crippen LogP contribution in [-0.2, 0) is 6.42 Å². The van der Waals surface area contributed by atoms with Crippen LogP contribution >= 0.6 is 0 Å². The number of nitrogens with two attached hydrogens (primary N) is 1. The zero-order valence-electron chi connectivity index (χ0n) is 13.2. The number of ether oxygens (including phenoxy) is 1. The molecule has 0 aliphatic heterocycles. The second-order valence-electron chi connectivity index (χ2n) is 5.79. The lowest BCUT2D eigenvalue weighted by atomic mass is 9.95.